The number of methoxy groups -OCH3 is 1. The lowest BCUT2D eigenvalue weighted by atomic mass is 9.97. The molecule has 1 saturated heterocycles. The van der Waals surface area contributed by atoms with E-state index in [4.69, 9.17) is 19.2 Å². The van der Waals surface area contributed by atoms with E-state index >= 15 is 0 Å². The van der Waals surface area contributed by atoms with Gasteiger partial charge in [0.2, 0.25) is 0 Å². The number of halogens is 1. The third-order valence-electron chi connectivity index (χ3n) is 4.64. The minimum Gasteiger partial charge on any atom is -0.491 e. The predicted octanol–water partition coefficient (Wildman–Crippen LogP) is 3.07. The number of piperidine rings is 1. The van der Waals surface area contributed by atoms with Crippen molar-refractivity contribution >= 4 is 35.9 Å². The Balaban J connectivity index is 0.00000420. The Morgan fingerprint density at radius 2 is 1.86 bits per heavy atom. The normalized spacial score (nSPS) is 14.9. The number of ether oxygens (including phenoxy) is 3. The fourth-order valence-electron chi connectivity index (χ4n) is 3.11. The maximum absolute atomic E-state index is 11.9. The zero-order chi connectivity index (χ0) is 20.2. The van der Waals surface area contributed by atoms with Crippen LogP contribution in [0.25, 0.3) is 0 Å². The molecular weight excluding hydrogens is 485 g/mol. The van der Waals surface area contributed by atoms with Gasteiger partial charge in [0.25, 0.3) is 0 Å². The predicted molar refractivity (Wildman–Crippen MR) is 125 cm³/mol. The average molecular weight is 519 g/mol. The molecule has 1 aliphatic rings. The molecule has 1 aliphatic heterocycles. The van der Waals surface area contributed by atoms with Gasteiger partial charge in [0, 0.05) is 26.7 Å². The molecule has 1 N–H and O–H groups in total. The van der Waals surface area contributed by atoms with Crippen molar-refractivity contribution in [3.05, 3.63) is 29.8 Å². The Kier molecular flexibility index (Phi) is 12.7. The van der Waals surface area contributed by atoms with Gasteiger partial charge in [0.1, 0.15) is 12.4 Å². The molecule has 29 heavy (non-hydrogen) atoms. The molecule has 1 aromatic carbocycles. The first-order valence-electron chi connectivity index (χ1n) is 10.1. The lowest BCUT2D eigenvalue weighted by Crippen LogP contribution is -2.46. The number of aliphatic imine (C=N–C) groups is 1. The minimum atomic E-state index is -0.0723. The molecule has 0 amide bonds. The number of hydrogen-bond donors (Lipinski definition) is 1. The summed E-state index contributed by atoms with van der Waals surface area (Å²) in [6.45, 7) is 8.49. The molecule has 0 bridgehead atoms. The molecule has 0 radical (unpaired) electrons. The van der Waals surface area contributed by atoms with Crippen molar-refractivity contribution in [3.8, 4) is 5.75 Å². The summed E-state index contributed by atoms with van der Waals surface area (Å²) in [7, 11) is 1.66. The van der Waals surface area contributed by atoms with Gasteiger partial charge in [-0.3, -0.25) is 4.79 Å². The van der Waals surface area contributed by atoms with Crippen molar-refractivity contribution in [2.24, 2.45) is 10.9 Å². The number of likely N-dealkylation sites (tertiary alicyclic amines) is 1. The summed E-state index contributed by atoms with van der Waals surface area (Å²) >= 11 is 0. The number of nitrogens with one attached hydrogen (secondary N) is 1. The molecule has 0 aliphatic carbocycles. The topological polar surface area (TPSA) is 72.4 Å². The molecule has 2 rings (SSSR count). The van der Waals surface area contributed by atoms with Gasteiger partial charge in [-0.2, -0.15) is 0 Å². The van der Waals surface area contributed by atoms with Crippen LogP contribution in [0.4, 0.5) is 0 Å². The molecule has 0 aromatic heterocycles. The van der Waals surface area contributed by atoms with Gasteiger partial charge in [-0.25, -0.2) is 4.99 Å². The van der Waals surface area contributed by atoms with E-state index in [-0.39, 0.29) is 35.9 Å². The monoisotopic (exact) mass is 519 g/mol. The molecule has 0 saturated carbocycles. The number of hydrogen-bond acceptors (Lipinski definition) is 5. The molecule has 0 spiro atoms. The fourth-order valence-corrected chi connectivity index (χ4v) is 3.11. The van der Waals surface area contributed by atoms with E-state index < -0.39 is 0 Å². The summed E-state index contributed by atoms with van der Waals surface area (Å²) in [5.74, 6) is 1.66. The van der Waals surface area contributed by atoms with Gasteiger partial charge in [0.15, 0.2) is 5.96 Å². The van der Waals surface area contributed by atoms with Crippen molar-refractivity contribution < 1.29 is 19.0 Å². The zero-order valence-corrected chi connectivity index (χ0v) is 20.0. The van der Waals surface area contributed by atoms with Crippen molar-refractivity contribution in [1.82, 2.24) is 10.2 Å². The Morgan fingerprint density at radius 3 is 2.45 bits per heavy atom. The van der Waals surface area contributed by atoms with Crippen molar-refractivity contribution in [2.75, 3.05) is 46.6 Å². The summed E-state index contributed by atoms with van der Waals surface area (Å²) in [4.78, 5) is 18.9. The highest BCUT2D eigenvalue weighted by Gasteiger charge is 2.27. The van der Waals surface area contributed by atoms with Crippen LogP contribution in [0.15, 0.2) is 29.3 Å². The molecule has 164 valence electrons. The molecule has 7 nitrogen and oxygen atoms in total. The maximum Gasteiger partial charge on any atom is 0.309 e. The number of rotatable bonds is 9. The highest BCUT2D eigenvalue weighted by Crippen LogP contribution is 2.19. The first-order valence-corrected chi connectivity index (χ1v) is 10.1. The number of guanidine groups is 1. The standard InChI is InChI=1S/C21H33N3O4.HI/c1-4-22-21(24-12-10-18(11-13-24)20(25)27-5-2)23-16-17-6-8-19(9-7-17)28-15-14-26-3;/h6-9,18H,4-5,10-16H2,1-3H3,(H,22,23);1H. The second-order valence-corrected chi connectivity index (χ2v) is 6.67. The third-order valence-corrected chi connectivity index (χ3v) is 4.64. The van der Waals surface area contributed by atoms with Gasteiger partial charge in [-0.05, 0) is 44.4 Å². The first-order chi connectivity index (χ1) is 13.7. The zero-order valence-electron chi connectivity index (χ0n) is 17.7. The first kappa shape index (κ1) is 25.5. The second-order valence-electron chi connectivity index (χ2n) is 6.67. The number of benzene rings is 1. The maximum atomic E-state index is 11.9. The van der Waals surface area contributed by atoms with Crippen LogP contribution >= 0.6 is 24.0 Å². The minimum absolute atomic E-state index is 0. The van der Waals surface area contributed by atoms with Gasteiger partial charge in [-0.1, -0.05) is 12.1 Å². The second kappa shape index (κ2) is 14.4. The SMILES string of the molecule is CCNC(=NCc1ccc(OCCOC)cc1)N1CCC(C(=O)OCC)CC1.I. The molecule has 1 fully saturated rings. The van der Waals surface area contributed by atoms with Crippen LogP contribution in [0, 0.1) is 5.92 Å². The van der Waals surface area contributed by atoms with E-state index in [0.29, 0.717) is 26.4 Å². The summed E-state index contributed by atoms with van der Waals surface area (Å²) in [5, 5.41) is 3.36. The van der Waals surface area contributed by atoms with Crippen LogP contribution in [0.2, 0.25) is 0 Å². The smallest absolute Gasteiger partial charge is 0.309 e. The quantitative estimate of drug-likeness (QED) is 0.178. The van der Waals surface area contributed by atoms with Gasteiger partial charge in [0.05, 0.1) is 25.7 Å². The van der Waals surface area contributed by atoms with Crippen molar-refractivity contribution in [2.45, 2.75) is 33.2 Å². The van der Waals surface area contributed by atoms with E-state index in [9.17, 15) is 4.79 Å². The average Bonchev–Trinajstić information content (AvgIpc) is 2.72. The fraction of sp³-hybridized carbons (Fsp3) is 0.619. The van der Waals surface area contributed by atoms with Gasteiger partial charge >= 0.3 is 5.97 Å². The highest BCUT2D eigenvalue weighted by molar-refractivity contribution is 14.0. The number of carbonyl (C=O) groups excluding carboxylic acids is 1. The molecule has 0 unspecified atom stereocenters. The van der Waals surface area contributed by atoms with Crippen molar-refractivity contribution in [3.63, 3.8) is 0 Å². The van der Waals surface area contributed by atoms with E-state index in [2.05, 4.69) is 17.1 Å². The Hall–Kier alpha value is -1.55. The summed E-state index contributed by atoms with van der Waals surface area (Å²) < 4.78 is 15.7. The molecular formula is C21H34IN3O4. The lowest BCUT2D eigenvalue weighted by Gasteiger charge is -2.33. The Labute approximate surface area is 191 Å². The van der Waals surface area contributed by atoms with Crippen LogP contribution < -0.4 is 10.1 Å². The Morgan fingerprint density at radius 1 is 1.17 bits per heavy atom. The third kappa shape index (κ3) is 8.77. The van der Waals surface area contributed by atoms with Crippen LogP contribution in [-0.4, -0.2) is 63.4 Å². The molecule has 1 aromatic rings. The summed E-state index contributed by atoms with van der Waals surface area (Å²) in [6, 6.07) is 7.97. The number of carbonyl (C=O) groups is 1. The lowest BCUT2D eigenvalue weighted by molar-refractivity contribution is -0.149. The van der Waals surface area contributed by atoms with Crippen LogP contribution in [0.3, 0.4) is 0 Å². The van der Waals surface area contributed by atoms with Crippen molar-refractivity contribution in [1.29, 1.82) is 0 Å². The molecule has 0 atom stereocenters. The summed E-state index contributed by atoms with van der Waals surface area (Å²) in [5.41, 5.74) is 1.12. The van der Waals surface area contributed by atoms with Crippen LogP contribution in [0.1, 0.15) is 32.3 Å². The number of nitrogens with zero attached hydrogens (tertiary/aromatic N) is 2. The largest absolute Gasteiger partial charge is 0.491 e. The van der Waals surface area contributed by atoms with E-state index in [1.807, 2.05) is 31.2 Å². The van der Waals surface area contributed by atoms with E-state index in [1.54, 1.807) is 7.11 Å². The van der Waals surface area contributed by atoms with Crippen LogP contribution in [-0.2, 0) is 20.8 Å². The Bertz CT molecular complexity index is 617. The summed E-state index contributed by atoms with van der Waals surface area (Å²) in [6.07, 6.45) is 1.60. The number of esters is 1. The van der Waals surface area contributed by atoms with Gasteiger partial charge in [-0.15, -0.1) is 24.0 Å². The van der Waals surface area contributed by atoms with E-state index in [1.165, 1.54) is 0 Å². The molecule has 8 heteroatoms. The van der Waals surface area contributed by atoms with Gasteiger partial charge < -0.3 is 24.4 Å². The highest BCUT2D eigenvalue weighted by atomic mass is 127. The van der Waals surface area contributed by atoms with E-state index in [0.717, 1.165) is 49.7 Å². The molecule has 1 heterocycles. The van der Waals surface area contributed by atoms with Crippen LogP contribution in [0.5, 0.6) is 5.75 Å².